The molecule has 0 amide bonds. The van der Waals surface area contributed by atoms with Crippen LogP contribution < -0.4 is 5.32 Å². The Bertz CT molecular complexity index is 477. The van der Waals surface area contributed by atoms with Crippen molar-refractivity contribution in [2.45, 2.75) is 52.5 Å². The number of allylic oxidation sites excluding steroid dienone is 1. The monoisotopic (exact) mass is 325 g/mol. The molecule has 2 atom stereocenters. The van der Waals surface area contributed by atoms with Gasteiger partial charge < -0.3 is 10.2 Å². The van der Waals surface area contributed by atoms with E-state index in [0.29, 0.717) is 0 Å². The number of aliphatic imine (C=N–C) groups is 1. The smallest absolute Gasteiger partial charge is 0.248 e. The van der Waals surface area contributed by atoms with Gasteiger partial charge >= 0.3 is 0 Å². The van der Waals surface area contributed by atoms with Crippen molar-refractivity contribution in [2.24, 2.45) is 22.7 Å². The third-order valence-corrected chi connectivity index (χ3v) is 4.65. The standard InChI is InChI=1S/C18H29F2N3/c1-6-9-21-17(23(10-7-2)11-8-3)12(4)22-16-13-14(16)15(13)18(5,19)20/h6,9,13-16,22H,4,7-8,10-11H2,1-3,5H3/b9-6-,21-17+. The van der Waals surface area contributed by atoms with Crippen LogP contribution in [0.15, 0.2) is 29.5 Å². The van der Waals surface area contributed by atoms with Crippen LogP contribution in [0.4, 0.5) is 8.78 Å². The van der Waals surface area contributed by atoms with Gasteiger partial charge in [-0.2, -0.15) is 0 Å². The van der Waals surface area contributed by atoms with Crippen LogP contribution in [0.25, 0.3) is 0 Å². The molecule has 2 saturated carbocycles. The van der Waals surface area contributed by atoms with E-state index in [0.717, 1.165) is 44.4 Å². The van der Waals surface area contributed by atoms with Crippen molar-refractivity contribution < 1.29 is 8.78 Å². The fraction of sp³-hybridized carbons (Fsp3) is 0.722. The molecule has 0 radical (unpaired) electrons. The zero-order valence-electron chi connectivity index (χ0n) is 14.6. The van der Waals surface area contributed by atoms with Gasteiger partial charge in [0.1, 0.15) is 0 Å². The molecule has 5 heteroatoms. The predicted molar refractivity (Wildman–Crippen MR) is 91.6 cm³/mol. The number of fused-ring (bicyclic) bond motifs is 1. The van der Waals surface area contributed by atoms with Gasteiger partial charge in [-0.1, -0.05) is 26.5 Å². The molecule has 2 rings (SSSR count). The van der Waals surface area contributed by atoms with Gasteiger partial charge in [0.05, 0.1) is 5.70 Å². The summed E-state index contributed by atoms with van der Waals surface area (Å²) in [5.74, 6) is -1.93. The van der Waals surface area contributed by atoms with Gasteiger partial charge in [-0.15, -0.1) is 0 Å². The molecule has 2 aliphatic rings. The molecule has 0 spiro atoms. The Balaban J connectivity index is 1.96. The van der Waals surface area contributed by atoms with Crippen LogP contribution in [-0.2, 0) is 0 Å². The van der Waals surface area contributed by atoms with Gasteiger partial charge in [0.25, 0.3) is 0 Å². The van der Waals surface area contributed by atoms with E-state index in [1.165, 1.54) is 0 Å². The van der Waals surface area contributed by atoms with E-state index in [1.807, 2.05) is 13.0 Å². The molecule has 0 saturated heterocycles. The molecule has 130 valence electrons. The maximum Gasteiger partial charge on any atom is 0.248 e. The second-order valence-corrected chi connectivity index (χ2v) is 6.71. The molecular weight excluding hydrogens is 296 g/mol. The van der Waals surface area contributed by atoms with Crippen molar-refractivity contribution in [1.82, 2.24) is 10.2 Å². The average Bonchev–Trinajstić information content (AvgIpc) is 3.34. The summed E-state index contributed by atoms with van der Waals surface area (Å²) < 4.78 is 26.5. The summed E-state index contributed by atoms with van der Waals surface area (Å²) in [6, 6.07) is 0.152. The Morgan fingerprint density at radius 1 is 1.26 bits per heavy atom. The number of amidine groups is 1. The highest BCUT2D eigenvalue weighted by molar-refractivity contribution is 5.97. The quantitative estimate of drug-likeness (QED) is 0.512. The Labute approximate surface area is 138 Å². The molecule has 0 heterocycles. The van der Waals surface area contributed by atoms with Crippen molar-refractivity contribution in [3.63, 3.8) is 0 Å². The Hall–Kier alpha value is -1.39. The minimum atomic E-state index is -2.55. The summed E-state index contributed by atoms with van der Waals surface area (Å²) in [7, 11) is 0. The first kappa shape index (κ1) is 18.0. The van der Waals surface area contributed by atoms with Gasteiger partial charge in [-0.25, -0.2) is 13.8 Å². The lowest BCUT2D eigenvalue weighted by atomic mass is 10.0. The van der Waals surface area contributed by atoms with Crippen LogP contribution >= 0.6 is 0 Å². The van der Waals surface area contributed by atoms with Crippen LogP contribution in [-0.4, -0.2) is 35.8 Å². The van der Waals surface area contributed by atoms with Crippen LogP contribution in [0, 0.1) is 17.8 Å². The first-order chi connectivity index (χ1) is 10.9. The SMILES string of the molecule is C=C(NC1C2C1C2C(C)(F)F)/C(=N\C=C/C)N(CCC)CCC. The van der Waals surface area contributed by atoms with Gasteiger partial charge in [-0.05, 0) is 38.5 Å². The highest BCUT2D eigenvalue weighted by Gasteiger charge is 2.79. The minimum absolute atomic E-state index is 0.112. The summed E-state index contributed by atoms with van der Waals surface area (Å²) in [6.45, 7) is 13.2. The second kappa shape index (κ2) is 7.02. The number of alkyl halides is 2. The van der Waals surface area contributed by atoms with Gasteiger partial charge in [0.15, 0.2) is 5.84 Å². The van der Waals surface area contributed by atoms with Crippen molar-refractivity contribution in [1.29, 1.82) is 0 Å². The molecule has 0 aromatic rings. The topological polar surface area (TPSA) is 27.6 Å². The maximum absolute atomic E-state index is 13.3. The van der Waals surface area contributed by atoms with Gasteiger partial charge in [-0.3, -0.25) is 0 Å². The highest BCUT2D eigenvalue weighted by Crippen LogP contribution is 2.72. The van der Waals surface area contributed by atoms with Crippen LogP contribution in [0.5, 0.6) is 0 Å². The van der Waals surface area contributed by atoms with Crippen molar-refractivity contribution in [2.75, 3.05) is 13.1 Å². The third-order valence-electron chi connectivity index (χ3n) is 4.65. The lowest BCUT2D eigenvalue weighted by Crippen LogP contribution is -2.40. The van der Waals surface area contributed by atoms with Crippen molar-refractivity contribution in [3.05, 3.63) is 24.6 Å². The van der Waals surface area contributed by atoms with Crippen LogP contribution in [0.1, 0.15) is 40.5 Å². The maximum atomic E-state index is 13.3. The van der Waals surface area contributed by atoms with E-state index in [4.69, 9.17) is 0 Å². The normalized spacial score (nSPS) is 29.4. The van der Waals surface area contributed by atoms with Crippen LogP contribution in [0.2, 0.25) is 0 Å². The molecule has 3 nitrogen and oxygen atoms in total. The zero-order valence-corrected chi connectivity index (χ0v) is 14.6. The molecule has 0 aromatic heterocycles. The summed E-state index contributed by atoms with van der Waals surface area (Å²) in [5.41, 5.74) is 0.750. The van der Waals surface area contributed by atoms with E-state index in [-0.39, 0.29) is 17.9 Å². The Morgan fingerprint density at radius 2 is 1.83 bits per heavy atom. The molecule has 2 aliphatic carbocycles. The summed E-state index contributed by atoms with van der Waals surface area (Å²) >= 11 is 0. The highest BCUT2D eigenvalue weighted by atomic mass is 19.3. The molecule has 1 N–H and O–H groups in total. The van der Waals surface area contributed by atoms with E-state index >= 15 is 0 Å². The third kappa shape index (κ3) is 3.93. The fourth-order valence-corrected chi connectivity index (χ4v) is 3.51. The Kier molecular flexibility index (Phi) is 5.48. The molecule has 0 bridgehead atoms. The number of hydrogen-bond donors (Lipinski definition) is 1. The first-order valence-electron chi connectivity index (χ1n) is 8.64. The lowest BCUT2D eigenvalue weighted by molar-refractivity contribution is -0.0239. The molecule has 2 fully saturated rings. The number of halogens is 2. The summed E-state index contributed by atoms with van der Waals surface area (Å²) in [6.07, 6.45) is 5.70. The first-order valence-corrected chi connectivity index (χ1v) is 8.64. The number of hydrogen-bond acceptors (Lipinski definition) is 2. The van der Waals surface area contributed by atoms with E-state index < -0.39 is 11.8 Å². The Morgan fingerprint density at radius 3 is 2.26 bits per heavy atom. The number of nitrogens with one attached hydrogen (secondary N) is 1. The molecule has 0 aromatic carbocycles. The molecular formula is C18H29F2N3. The van der Waals surface area contributed by atoms with Crippen molar-refractivity contribution in [3.8, 4) is 0 Å². The number of nitrogens with zero attached hydrogens (tertiary/aromatic N) is 2. The van der Waals surface area contributed by atoms with E-state index in [2.05, 4.69) is 35.6 Å². The largest absolute Gasteiger partial charge is 0.379 e. The minimum Gasteiger partial charge on any atom is -0.379 e. The lowest BCUT2D eigenvalue weighted by Gasteiger charge is -2.28. The average molecular weight is 325 g/mol. The van der Waals surface area contributed by atoms with Crippen molar-refractivity contribution >= 4 is 5.84 Å². The predicted octanol–water partition coefficient (Wildman–Crippen LogP) is 4.04. The van der Waals surface area contributed by atoms with Crippen LogP contribution in [0.3, 0.4) is 0 Å². The fourth-order valence-electron chi connectivity index (χ4n) is 3.51. The summed E-state index contributed by atoms with van der Waals surface area (Å²) in [5, 5.41) is 3.33. The summed E-state index contributed by atoms with van der Waals surface area (Å²) in [4.78, 5) is 6.74. The van der Waals surface area contributed by atoms with Gasteiger partial charge in [0, 0.05) is 31.2 Å². The second-order valence-electron chi connectivity index (χ2n) is 6.71. The number of rotatable bonds is 9. The van der Waals surface area contributed by atoms with E-state index in [1.54, 1.807) is 6.20 Å². The zero-order chi connectivity index (χ0) is 17.2. The van der Waals surface area contributed by atoms with E-state index in [9.17, 15) is 8.78 Å². The van der Waals surface area contributed by atoms with Gasteiger partial charge in [0.2, 0.25) is 5.92 Å². The molecule has 2 unspecified atom stereocenters. The molecule has 23 heavy (non-hydrogen) atoms. The molecule has 0 aliphatic heterocycles.